The van der Waals surface area contributed by atoms with Crippen molar-refractivity contribution in [3.63, 3.8) is 0 Å². The quantitative estimate of drug-likeness (QED) is 0.828. The van der Waals surface area contributed by atoms with Crippen molar-refractivity contribution in [3.05, 3.63) is 28.8 Å². The number of anilines is 1. The zero-order chi connectivity index (χ0) is 19.5. The Balaban J connectivity index is 2.20. The molecule has 0 aliphatic carbocycles. The van der Waals surface area contributed by atoms with E-state index in [1.807, 2.05) is 32.6 Å². The van der Waals surface area contributed by atoms with Crippen molar-refractivity contribution in [2.24, 2.45) is 11.1 Å². The molecular formula is C20H30ClN3O2. The normalized spacial score (nSPS) is 19.2. The topological polar surface area (TPSA) is 75.4 Å². The third-order valence-corrected chi connectivity index (χ3v) is 4.92. The van der Waals surface area contributed by atoms with Crippen LogP contribution in [0.25, 0.3) is 0 Å². The summed E-state index contributed by atoms with van der Waals surface area (Å²) in [7, 11) is 0. The number of nitrogens with two attached hydrogens (primary N) is 1. The summed E-state index contributed by atoms with van der Waals surface area (Å²) in [6.45, 7) is 8.64. The number of benzene rings is 1. The number of nitrogens with one attached hydrogen (secondary N) is 1. The lowest BCUT2D eigenvalue weighted by atomic mass is 9.92. The minimum absolute atomic E-state index is 0.0199. The SMILES string of the molecule is CC(N)C1CCCCN1C(=O)c1cc(NC(=O)CC(C)(C)C)ccc1Cl. The lowest BCUT2D eigenvalue weighted by molar-refractivity contribution is -0.117. The first-order valence-corrected chi connectivity index (χ1v) is 9.62. The van der Waals surface area contributed by atoms with E-state index in [2.05, 4.69) is 5.32 Å². The number of rotatable bonds is 4. The van der Waals surface area contributed by atoms with Gasteiger partial charge in [0.05, 0.1) is 10.6 Å². The fourth-order valence-corrected chi connectivity index (χ4v) is 3.56. The minimum atomic E-state index is -0.121. The van der Waals surface area contributed by atoms with Gasteiger partial charge in [0.2, 0.25) is 5.91 Å². The molecule has 1 aliphatic rings. The first-order chi connectivity index (χ1) is 12.1. The lowest BCUT2D eigenvalue weighted by Crippen LogP contribution is -2.51. The molecule has 2 amide bonds. The van der Waals surface area contributed by atoms with Crippen molar-refractivity contribution in [1.29, 1.82) is 0 Å². The van der Waals surface area contributed by atoms with E-state index in [-0.39, 0.29) is 29.3 Å². The molecular weight excluding hydrogens is 350 g/mol. The number of carbonyl (C=O) groups excluding carboxylic acids is 2. The van der Waals surface area contributed by atoms with Gasteiger partial charge in [-0.25, -0.2) is 0 Å². The van der Waals surface area contributed by atoms with Crippen LogP contribution in [0.5, 0.6) is 0 Å². The van der Waals surface area contributed by atoms with Gasteiger partial charge < -0.3 is 16.0 Å². The van der Waals surface area contributed by atoms with Gasteiger partial charge in [-0.3, -0.25) is 9.59 Å². The summed E-state index contributed by atoms with van der Waals surface area (Å²) in [6.07, 6.45) is 3.35. The molecule has 0 radical (unpaired) electrons. The first-order valence-electron chi connectivity index (χ1n) is 9.24. The number of halogens is 1. The van der Waals surface area contributed by atoms with Gasteiger partial charge >= 0.3 is 0 Å². The standard InChI is InChI=1S/C20H30ClN3O2/c1-13(22)17-7-5-6-10-24(17)19(26)15-11-14(8-9-16(15)21)23-18(25)12-20(2,3)4/h8-9,11,13,17H,5-7,10,12,22H2,1-4H3,(H,23,25). The molecule has 0 aromatic heterocycles. The number of carbonyl (C=O) groups is 2. The van der Waals surface area contributed by atoms with Crippen LogP contribution in [-0.4, -0.2) is 35.3 Å². The number of nitrogens with zero attached hydrogens (tertiary/aromatic N) is 1. The van der Waals surface area contributed by atoms with Crippen LogP contribution in [0.4, 0.5) is 5.69 Å². The minimum Gasteiger partial charge on any atom is -0.334 e. The average Bonchev–Trinajstić information content (AvgIpc) is 2.54. The van der Waals surface area contributed by atoms with Gasteiger partial charge in [-0.2, -0.15) is 0 Å². The Hall–Kier alpha value is -1.59. The van der Waals surface area contributed by atoms with Gasteiger partial charge in [-0.1, -0.05) is 32.4 Å². The molecule has 0 bridgehead atoms. The molecule has 1 fully saturated rings. The second kappa shape index (κ2) is 8.40. The van der Waals surface area contributed by atoms with Gasteiger partial charge in [0, 0.05) is 30.7 Å². The predicted octanol–water partition coefficient (Wildman–Crippen LogP) is 4.06. The maximum Gasteiger partial charge on any atom is 0.255 e. The third-order valence-electron chi connectivity index (χ3n) is 4.59. The highest BCUT2D eigenvalue weighted by atomic mass is 35.5. The van der Waals surface area contributed by atoms with Crippen molar-refractivity contribution in [2.45, 2.75) is 65.5 Å². The second-order valence-corrected chi connectivity index (χ2v) is 8.81. The van der Waals surface area contributed by atoms with Crippen molar-refractivity contribution >= 4 is 29.1 Å². The largest absolute Gasteiger partial charge is 0.334 e. The molecule has 0 spiro atoms. The summed E-state index contributed by atoms with van der Waals surface area (Å²) in [5, 5.41) is 3.25. The van der Waals surface area contributed by atoms with Crippen molar-refractivity contribution in [3.8, 4) is 0 Å². The molecule has 2 rings (SSSR count). The second-order valence-electron chi connectivity index (χ2n) is 8.40. The molecule has 144 valence electrons. The van der Waals surface area contributed by atoms with E-state index in [4.69, 9.17) is 17.3 Å². The molecule has 2 unspecified atom stereocenters. The summed E-state index contributed by atoms with van der Waals surface area (Å²) >= 11 is 6.29. The Kier molecular flexibility index (Phi) is 6.69. The van der Waals surface area contributed by atoms with Crippen LogP contribution in [0, 0.1) is 5.41 Å². The van der Waals surface area contributed by atoms with Gasteiger partial charge in [0.15, 0.2) is 0 Å². The van der Waals surface area contributed by atoms with Gasteiger partial charge in [-0.05, 0) is 49.8 Å². The molecule has 1 aromatic carbocycles. The van der Waals surface area contributed by atoms with Gasteiger partial charge in [0.1, 0.15) is 0 Å². The third kappa shape index (κ3) is 5.45. The van der Waals surface area contributed by atoms with Gasteiger partial charge in [-0.15, -0.1) is 0 Å². The number of hydrogen-bond acceptors (Lipinski definition) is 3. The molecule has 5 nitrogen and oxygen atoms in total. The molecule has 0 saturated carbocycles. The van der Waals surface area contributed by atoms with Crippen LogP contribution in [-0.2, 0) is 4.79 Å². The lowest BCUT2D eigenvalue weighted by Gasteiger charge is -2.38. The molecule has 1 heterocycles. The summed E-state index contributed by atoms with van der Waals surface area (Å²) in [5.74, 6) is -0.200. The number of piperidine rings is 1. The molecule has 3 N–H and O–H groups in total. The summed E-state index contributed by atoms with van der Waals surface area (Å²) in [6, 6.07) is 4.97. The highest BCUT2D eigenvalue weighted by Gasteiger charge is 2.31. The Morgan fingerprint density at radius 2 is 2.04 bits per heavy atom. The summed E-state index contributed by atoms with van der Waals surface area (Å²) in [5.41, 5.74) is 6.97. The zero-order valence-corrected chi connectivity index (χ0v) is 16.9. The van der Waals surface area contributed by atoms with Gasteiger partial charge in [0.25, 0.3) is 5.91 Å². The number of likely N-dealkylation sites (tertiary alicyclic amines) is 1. The van der Waals surface area contributed by atoms with E-state index >= 15 is 0 Å². The monoisotopic (exact) mass is 379 g/mol. The van der Waals surface area contributed by atoms with Crippen LogP contribution >= 0.6 is 11.6 Å². The molecule has 6 heteroatoms. The molecule has 1 aromatic rings. The Labute approximate surface area is 161 Å². The summed E-state index contributed by atoms with van der Waals surface area (Å²) < 4.78 is 0. The van der Waals surface area contributed by atoms with Crippen molar-refractivity contribution in [2.75, 3.05) is 11.9 Å². The van der Waals surface area contributed by atoms with Crippen molar-refractivity contribution in [1.82, 2.24) is 4.90 Å². The van der Waals surface area contributed by atoms with E-state index < -0.39 is 0 Å². The van der Waals surface area contributed by atoms with Crippen LogP contribution in [0.15, 0.2) is 18.2 Å². The molecule has 2 atom stereocenters. The molecule has 1 saturated heterocycles. The number of hydrogen-bond donors (Lipinski definition) is 2. The van der Waals surface area contributed by atoms with E-state index in [1.165, 1.54) is 0 Å². The maximum atomic E-state index is 13.1. The van der Waals surface area contributed by atoms with E-state index in [0.29, 0.717) is 29.2 Å². The van der Waals surface area contributed by atoms with Crippen LogP contribution in [0.3, 0.4) is 0 Å². The smallest absolute Gasteiger partial charge is 0.255 e. The Morgan fingerprint density at radius 1 is 1.35 bits per heavy atom. The average molecular weight is 380 g/mol. The molecule has 26 heavy (non-hydrogen) atoms. The van der Waals surface area contributed by atoms with Crippen LogP contribution in [0.2, 0.25) is 5.02 Å². The predicted molar refractivity (Wildman–Crippen MR) is 106 cm³/mol. The summed E-state index contributed by atoms with van der Waals surface area (Å²) in [4.78, 5) is 27.1. The number of amides is 2. The Bertz CT molecular complexity index is 668. The van der Waals surface area contributed by atoms with E-state index in [9.17, 15) is 9.59 Å². The highest BCUT2D eigenvalue weighted by molar-refractivity contribution is 6.34. The van der Waals surface area contributed by atoms with Crippen LogP contribution < -0.4 is 11.1 Å². The van der Waals surface area contributed by atoms with E-state index in [0.717, 1.165) is 19.3 Å². The first kappa shape index (κ1) is 20.7. The molecule has 1 aliphatic heterocycles. The fourth-order valence-electron chi connectivity index (χ4n) is 3.36. The maximum absolute atomic E-state index is 13.1. The fraction of sp³-hybridized carbons (Fsp3) is 0.600. The zero-order valence-electron chi connectivity index (χ0n) is 16.1. The highest BCUT2D eigenvalue weighted by Crippen LogP contribution is 2.27. The Morgan fingerprint density at radius 3 is 2.65 bits per heavy atom. The van der Waals surface area contributed by atoms with Crippen LogP contribution in [0.1, 0.15) is 63.7 Å². The van der Waals surface area contributed by atoms with Crippen molar-refractivity contribution < 1.29 is 9.59 Å². The van der Waals surface area contributed by atoms with E-state index in [1.54, 1.807) is 18.2 Å².